The molecule has 0 atom stereocenters. The van der Waals surface area contributed by atoms with Crippen molar-refractivity contribution in [2.45, 2.75) is 58.3 Å². The first kappa shape index (κ1) is 18.4. The second-order valence-electron chi connectivity index (χ2n) is 7.33. The molecular formula is C26H28. The third-order valence-corrected chi connectivity index (χ3v) is 5.43. The average Bonchev–Trinajstić information content (AvgIpc) is 2.69. The van der Waals surface area contributed by atoms with Crippen LogP contribution in [0.25, 0.3) is 0 Å². The molecule has 2 aromatic carbocycles. The van der Waals surface area contributed by atoms with Crippen LogP contribution < -0.4 is 0 Å². The van der Waals surface area contributed by atoms with E-state index in [1.165, 1.54) is 44.1 Å². The molecule has 1 aliphatic rings. The molecule has 0 nitrogen and oxygen atoms in total. The van der Waals surface area contributed by atoms with Crippen LogP contribution >= 0.6 is 0 Å². The Morgan fingerprint density at radius 1 is 0.731 bits per heavy atom. The molecule has 0 spiro atoms. The van der Waals surface area contributed by atoms with Gasteiger partial charge in [0.2, 0.25) is 0 Å². The second-order valence-corrected chi connectivity index (χ2v) is 7.33. The van der Waals surface area contributed by atoms with E-state index in [1.807, 2.05) is 31.2 Å². The molecular weight excluding hydrogens is 312 g/mol. The van der Waals surface area contributed by atoms with Crippen molar-refractivity contribution in [3.63, 3.8) is 0 Å². The van der Waals surface area contributed by atoms with Crippen molar-refractivity contribution in [2.75, 3.05) is 0 Å². The summed E-state index contributed by atoms with van der Waals surface area (Å²) in [5.74, 6) is 14.2. The zero-order valence-corrected chi connectivity index (χ0v) is 16.0. The number of hydrogen-bond donors (Lipinski definition) is 0. The molecule has 0 aromatic heterocycles. The quantitative estimate of drug-likeness (QED) is 0.557. The fraction of sp³-hybridized carbons (Fsp3) is 0.385. The van der Waals surface area contributed by atoms with E-state index in [0.29, 0.717) is 0 Å². The minimum atomic E-state index is 0.748. The minimum Gasteiger partial charge on any atom is -0.101 e. The van der Waals surface area contributed by atoms with Gasteiger partial charge in [-0.05, 0) is 86.4 Å². The molecule has 132 valence electrons. The van der Waals surface area contributed by atoms with Gasteiger partial charge in [0.25, 0.3) is 0 Å². The lowest BCUT2D eigenvalue weighted by molar-refractivity contribution is 0.308. The maximum atomic E-state index is 3.28. The number of benzene rings is 2. The fourth-order valence-corrected chi connectivity index (χ4v) is 3.96. The van der Waals surface area contributed by atoms with Gasteiger partial charge in [-0.2, -0.15) is 0 Å². The normalized spacial score (nSPS) is 19.0. The molecule has 0 bridgehead atoms. The Kier molecular flexibility index (Phi) is 6.57. The second kappa shape index (κ2) is 9.31. The van der Waals surface area contributed by atoms with E-state index in [1.54, 1.807) is 0 Å². The topological polar surface area (TPSA) is 0 Å². The van der Waals surface area contributed by atoms with Crippen LogP contribution in [0, 0.1) is 29.6 Å². The summed E-state index contributed by atoms with van der Waals surface area (Å²) in [5.41, 5.74) is 4.65. The molecule has 1 aliphatic carbocycles. The van der Waals surface area contributed by atoms with Gasteiger partial charge >= 0.3 is 0 Å². The van der Waals surface area contributed by atoms with Crippen LogP contribution in [0.15, 0.2) is 48.5 Å². The van der Waals surface area contributed by atoms with E-state index >= 15 is 0 Å². The van der Waals surface area contributed by atoms with Gasteiger partial charge in [0.05, 0.1) is 0 Å². The van der Waals surface area contributed by atoms with Gasteiger partial charge in [-0.15, -0.1) is 5.92 Å². The zero-order chi connectivity index (χ0) is 18.2. The minimum absolute atomic E-state index is 0.748. The van der Waals surface area contributed by atoms with Gasteiger partial charge in [-0.3, -0.25) is 0 Å². The highest BCUT2D eigenvalue weighted by molar-refractivity contribution is 5.46. The average molecular weight is 341 g/mol. The molecule has 0 aliphatic heterocycles. The van der Waals surface area contributed by atoms with E-state index in [4.69, 9.17) is 0 Å². The lowest BCUT2D eigenvalue weighted by atomic mass is 9.77. The third kappa shape index (κ3) is 5.03. The van der Waals surface area contributed by atoms with Crippen LogP contribution in [0.2, 0.25) is 0 Å². The summed E-state index contributed by atoms with van der Waals surface area (Å²) in [4.78, 5) is 0. The van der Waals surface area contributed by atoms with Gasteiger partial charge in [0.1, 0.15) is 0 Å². The molecule has 1 saturated carbocycles. The molecule has 2 aromatic rings. The Labute approximate surface area is 159 Å². The standard InChI is InChI=1S/C26H28/c1-3-5-21-7-9-23(10-8-21)11-12-24-15-19-26(20-16-24)25-17-13-22(6-4-2)14-18-25/h7-10,15-16,19-20,22,25H,4,6,13-14,17-18H2,1-2H3/t22-,25-. The maximum Gasteiger partial charge on any atom is 0.0249 e. The van der Waals surface area contributed by atoms with Crippen molar-refractivity contribution in [3.05, 3.63) is 70.8 Å². The molecule has 0 amide bonds. The van der Waals surface area contributed by atoms with Crippen LogP contribution in [0.4, 0.5) is 0 Å². The predicted molar refractivity (Wildman–Crippen MR) is 111 cm³/mol. The Balaban J connectivity index is 1.61. The summed E-state index contributed by atoms with van der Waals surface area (Å²) in [7, 11) is 0. The summed E-state index contributed by atoms with van der Waals surface area (Å²) in [6, 6.07) is 17.1. The smallest absolute Gasteiger partial charge is 0.0249 e. The van der Waals surface area contributed by atoms with E-state index in [-0.39, 0.29) is 0 Å². The third-order valence-electron chi connectivity index (χ3n) is 5.43. The molecule has 0 N–H and O–H groups in total. The van der Waals surface area contributed by atoms with Crippen molar-refractivity contribution < 1.29 is 0 Å². The van der Waals surface area contributed by atoms with Gasteiger partial charge < -0.3 is 0 Å². The highest BCUT2D eigenvalue weighted by atomic mass is 14.3. The molecule has 0 radical (unpaired) electrons. The van der Waals surface area contributed by atoms with Crippen molar-refractivity contribution in [1.82, 2.24) is 0 Å². The molecule has 1 fully saturated rings. The highest BCUT2D eigenvalue weighted by Gasteiger charge is 2.21. The molecule has 26 heavy (non-hydrogen) atoms. The summed E-state index contributed by atoms with van der Waals surface area (Å²) < 4.78 is 0. The predicted octanol–water partition coefficient (Wildman–Crippen LogP) is 6.53. The first-order chi connectivity index (χ1) is 12.8. The summed E-state index contributed by atoms with van der Waals surface area (Å²) in [5, 5.41) is 0. The maximum absolute atomic E-state index is 3.28. The Bertz CT molecular complexity index is 808. The first-order valence-corrected chi connectivity index (χ1v) is 9.93. The lowest BCUT2D eigenvalue weighted by Crippen LogP contribution is -2.13. The molecule has 0 heteroatoms. The number of rotatable bonds is 3. The van der Waals surface area contributed by atoms with Crippen molar-refractivity contribution in [3.8, 4) is 23.7 Å². The van der Waals surface area contributed by atoms with Gasteiger partial charge in [0, 0.05) is 16.7 Å². The molecule has 0 heterocycles. The fourth-order valence-electron chi connectivity index (χ4n) is 3.96. The SMILES string of the molecule is CC#Cc1ccc(C#Cc2ccc([C@H]3CC[C@H](CCC)CC3)cc2)cc1. The van der Waals surface area contributed by atoms with E-state index in [2.05, 4.69) is 54.9 Å². The van der Waals surface area contributed by atoms with Crippen LogP contribution in [0.1, 0.15) is 80.5 Å². The first-order valence-electron chi connectivity index (χ1n) is 9.93. The van der Waals surface area contributed by atoms with Crippen molar-refractivity contribution in [1.29, 1.82) is 0 Å². The summed E-state index contributed by atoms with van der Waals surface area (Å²) >= 11 is 0. The van der Waals surface area contributed by atoms with Crippen LogP contribution in [-0.4, -0.2) is 0 Å². The number of hydrogen-bond acceptors (Lipinski definition) is 0. The van der Waals surface area contributed by atoms with Crippen molar-refractivity contribution >= 4 is 0 Å². The van der Waals surface area contributed by atoms with Crippen molar-refractivity contribution in [2.24, 2.45) is 5.92 Å². The van der Waals surface area contributed by atoms with Crippen LogP contribution in [0.5, 0.6) is 0 Å². The van der Waals surface area contributed by atoms with Gasteiger partial charge in [-0.1, -0.05) is 49.7 Å². The molecule has 0 saturated heterocycles. The lowest BCUT2D eigenvalue weighted by Gasteiger charge is -2.28. The largest absolute Gasteiger partial charge is 0.101 e. The van der Waals surface area contributed by atoms with E-state index in [0.717, 1.165) is 28.5 Å². The monoisotopic (exact) mass is 340 g/mol. The Hall–Kier alpha value is -2.44. The zero-order valence-electron chi connectivity index (χ0n) is 16.0. The van der Waals surface area contributed by atoms with E-state index < -0.39 is 0 Å². The summed E-state index contributed by atoms with van der Waals surface area (Å²) in [6.07, 6.45) is 8.24. The van der Waals surface area contributed by atoms with Gasteiger partial charge in [-0.25, -0.2) is 0 Å². The van der Waals surface area contributed by atoms with Crippen LogP contribution in [-0.2, 0) is 0 Å². The highest BCUT2D eigenvalue weighted by Crippen LogP contribution is 2.37. The Morgan fingerprint density at radius 3 is 1.73 bits per heavy atom. The molecule has 0 unspecified atom stereocenters. The Morgan fingerprint density at radius 2 is 1.23 bits per heavy atom. The summed E-state index contributed by atoms with van der Waals surface area (Å²) in [6.45, 7) is 4.16. The molecule has 3 rings (SSSR count). The van der Waals surface area contributed by atoms with Crippen LogP contribution in [0.3, 0.4) is 0 Å². The van der Waals surface area contributed by atoms with Gasteiger partial charge in [0.15, 0.2) is 0 Å². The van der Waals surface area contributed by atoms with E-state index in [9.17, 15) is 0 Å².